The third kappa shape index (κ3) is 28.8. The van der Waals surface area contributed by atoms with Crippen molar-refractivity contribution < 1.29 is 149 Å². The van der Waals surface area contributed by atoms with E-state index in [1.54, 1.807) is 72.7 Å². The van der Waals surface area contributed by atoms with Gasteiger partial charge in [0.25, 0.3) is 0 Å². The van der Waals surface area contributed by atoms with Crippen LogP contribution in [-0.4, -0.2) is 286 Å². The number of carbonyl (C=O) groups is 9. The molecule has 2 aliphatic carbocycles. The van der Waals surface area contributed by atoms with Crippen LogP contribution in [0.25, 0.3) is 0 Å². The number of allylic oxidation sites excluding steroid dienone is 2. The van der Waals surface area contributed by atoms with E-state index >= 15 is 0 Å². The number of fused-ring (bicyclic) bond motifs is 2. The Morgan fingerprint density at radius 3 is 2.12 bits per heavy atom. The number of rotatable bonds is 44. The number of primary amides is 1. The molecule has 2 aromatic carbocycles. The first-order chi connectivity index (χ1) is 61.2. The maximum absolute atomic E-state index is 14.7. The molecule has 0 aromatic heterocycles. The molecule has 6 aliphatic rings. The SMILES string of the molecule is CCN(C(=O)OCc1ccc(NC(=O)[C@H](CCCNC(N)=O)CC(=O)[C@@H](NC(=O)[C@H](CCCCN)CC(C)=O)C(C)C)cc1)[C@H]1CO[C@@H](O[C@H]2[C@H](O[C@H]3C#C/C=C\C#C[C@]4(O)CC(=O)C(CC(=O)OC)=C3/C4=C\CSSC(C)P(=O)(O)O)O[C@H](C)[C@@H](NO[C@H]3C[C@H](O)[C@H](SC(=O)c4c(C)c(I)c(O[C@@H]5O[C@@H](C)[C@H](O)[C@@H](OC)[C@H]5O)c(OC)c4OC)[C@@H](C)O3)[C@@H]2O)C[C@@H]1OC. The van der Waals surface area contributed by atoms with E-state index < -0.39 is 205 Å². The molecule has 2 aromatic rings. The first-order valence-electron chi connectivity index (χ1n) is 42.3. The zero-order valence-electron chi connectivity index (χ0n) is 74.4. The fourth-order valence-electron chi connectivity index (χ4n) is 15.6. The van der Waals surface area contributed by atoms with E-state index in [1.165, 1.54) is 65.4 Å². The van der Waals surface area contributed by atoms with Gasteiger partial charge in [0.15, 0.2) is 47.5 Å². The van der Waals surface area contributed by atoms with E-state index in [2.05, 4.69) is 45.1 Å². The van der Waals surface area contributed by atoms with Crippen LogP contribution in [0.5, 0.6) is 17.2 Å². The number of halogens is 1. The minimum Gasteiger partial charge on any atom is -0.492 e. The summed E-state index contributed by atoms with van der Waals surface area (Å²) in [4.78, 5) is 149. The lowest BCUT2D eigenvalue weighted by atomic mass is 9.72. The molecule has 0 spiro atoms. The molecule has 129 heavy (non-hydrogen) atoms. The van der Waals surface area contributed by atoms with Gasteiger partial charge in [-0.25, -0.2) is 9.59 Å². The lowest BCUT2D eigenvalue weighted by Crippen LogP contribution is -2.65. The Labute approximate surface area is 775 Å². The van der Waals surface area contributed by atoms with E-state index in [1.807, 2.05) is 22.6 Å². The van der Waals surface area contributed by atoms with Gasteiger partial charge >= 0.3 is 25.7 Å². The van der Waals surface area contributed by atoms with E-state index in [4.69, 9.17) is 77.9 Å². The number of hydrogen-bond donors (Lipinski definition) is 13. The van der Waals surface area contributed by atoms with E-state index in [0.29, 0.717) is 46.2 Å². The topological polar surface area (TPSA) is 545 Å². The van der Waals surface area contributed by atoms with Crippen molar-refractivity contribution in [1.82, 2.24) is 21.0 Å². The van der Waals surface area contributed by atoms with Gasteiger partial charge in [0.1, 0.15) is 54.0 Å². The Morgan fingerprint density at radius 2 is 1.50 bits per heavy atom. The quantitative estimate of drug-likeness (QED) is 0.00733. The number of nitrogens with zero attached hydrogens (tertiary/aromatic N) is 1. The van der Waals surface area contributed by atoms with E-state index in [-0.39, 0.29) is 122 Å². The molecule has 8 rings (SSSR count). The summed E-state index contributed by atoms with van der Waals surface area (Å²) in [6.07, 6.45) is -16.2. The van der Waals surface area contributed by atoms with Crippen LogP contribution >= 0.6 is 63.5 Å². The molecule has 5 amide bonds. The Balaban J connectivity index is 1.01. The van der Waals surface area contributed by atoms with Crippen LogP contribution < -0.4 is 47.1 Å². The molecule has 38 nitrogen and oxygen atoms in total. The zero-order valence-corrected chi connectivity index (χ0v) is 79.9. The lowest BCUT2D eigenvalue weighted by Gasteiger charge is -2.47. The number of esters is 1. The Bertz CT molecular complexity index is 4510. The first kappa shape index (κ1) is 107. The average molecular weight is 2000 g/mol. The summed E-state index contributed by atoms with van der Waals surface area (Å²) in [5.74, 6) is 6.01. The largest absolute Gasteiger partial charge is 0.492 e. The number of unbranched alkanes of at least 4 members (excludes halogenated alkanes) is 1. The predicted molar refractivity (Wildman–Crippen MR) is 481 cm³/mol. The molecule has 716 valence electrons. The highest BCUT2D eigenvalue weighted by atomic mass is 127. The average Bonchev–Trinajstić information content (AvgIpc) is 0.755. The summed E-state index contributed by atoms with van der Waals surface area (Å²) in [5, 5.41) is 66.0. The van der Waals surface area contributed by atoms with Gasteiger partial charge in [0.2, 0.25) is 29.0 Å². The Morgan fingerprint density at radius 1 is 0.814 bits per heavy atom. The van der Waals surface area contributed by atoms with Gasteiger partial charge in [-0.2, -0.15) is 5.48 Å². The van der Waals surface area contributed by atoms with Gasteiger partial charge < -0.3 is 134 Å². The lowest BCUT2D eigenvalue weighted by molar-refractivity contribution is -0.337. The van der Waals surface area contributed by atoms with Crippen molar-refractivity contribution in [3.8, 4) is 40.9 Å². The number of benzene rings is 2. The molecule has 23 atom stereocenters. The number of likely N-dealkylation sites (N-methyl/N-ethyl adjacent to an activating group) is 1. The van der Waals surface area contributed by atoms with Crippen molar-refractivity contribution in [3.63, 3.8) is 0 Å². The summed E-state index contributed by atoms with van der Waals surface area (Å²) >= 11 is 2.73. The number of anilines is 1. The van der Waals surface area contributed by atoms with Crippen molar-refractivity contribution in [2.75, 3.05) is 72.9 Å². The minimum atomic E-state index is -4.57. The molecule has 4 fully saturated rings. The van der Waals surface area contributed by atoms with Gasteiger partial charge in [0.05, 0.1) is 104 Å². The molecule has 4 aliphatic heterocycles. The number of aliphatic hydroxyl groups is 5. The number of carbonyl (C=O) groups excluding carboxylic acids is 9. The maximum Gasteiger partial charge on any atom is 0.410 e. The molecule has 43 heteroatoms. The number of hydroxylamine groups is 1. The van der Waals surface area contributed by atoms with Crippen molar-refractivity contribution in [2.45, 2.75) is 266 Å². The van der Waals surface area contributed by atoms with Gasteiger partial charge in [0, 0.05) is 93.0 Å². The second kappa shape index (κ2) is 50.4. The van der Waals surface area contributed by atoms with Gasteiger partial charge in [-0.1, -0.05) is 95.5 Å². The fourth-order valence-corrected chi connectivity index (χ4v) is 21.0. The van der Waals surface area contributed by atoms with Crippen LogP contribution in [0.15, 0.2) is 59.2 Å². The first-order valence-corrected chi connectivity index (χ1v) is 48.3. The van der Waals surface area contributed by atoms with Crippen molar-refractivity contribution in [2.24, 2.45) is 29.2 Å². The molecule has 4 saturated heterocycles. The van der Waals surface area contributed by atoms with Crippen LogP contribution in [0, 0.1) is 51.9 Å². The Kier molecular flexibility index (Phi) is 42.0. The number of hydrogen-bond acceptors (Lipinski definition) is 34. The molecule has 4 heterocycles. The second-order valence-electron chi connectivity index (χ2n) is 32.2. The van der Waals surface area contributed by atoms with Crippen molar-refractivity contribution in [3.05, 3.63) is 79.5 Å². The normalized spacial score (nSPS) is 28.4. The van der Waals surface area contributed by atoms with Crippen LogP contribution in [0.1, 0.15) is 148 Å². The number of thioether (sulfide) groups is 1. The summed E-state index contributed by atoms with van der Waals surface area (Å²) in [7, 11) is 3.78. The summed E-state index contributed by atoms with van der Waals surface area (Å²) in [6, 6.07) is 2.49. The number of amides is 5. The summed E-state index contributed by atoms with van der Waals surface area (Å²) in [5.41, 5.74) is 12.4. The molecule has 0 radical (unpaired) electrons. The van der Waals surface area contributed by atoms with Crippen LogP contribution in [0.4, 0.5) is 15.3 Å². The third-order valence-corrected chi connectivity index (χ3v) is 30.3. The highest BCUT2D eigenvalue weighted by Gasteiger charge is 2.53. The number of nitrogens with one attached hydrogen (secondary N) is 4. The standard InChI is InChI=1S/C86H121IN7O31PS3/c1-15-94(85(107)118-41-50-26-28-53(29-27-50)91-79(103)52(24-22-33-90-84(89)106)36-57(96)68(43(2)3)92-80(104)51(35-44(4)95)23-19-21-32-88)56-42-117-63(39-61(56)112-10)123-76-71(101)69(46(6)120-83(76)122-60-25-18-16-17-20-31-86(108)40-59(98)54(37-62(99)113-11)66(60)55(86)30-34-127-129-49(9)126(109,110)111)93-125-64-38-58(97)78(48(8)119-64)128-81(105)65-45(5)67(87)74(77(116-14)73(65)114-12)124-82-72(102)75(115-13)70(100)47(7)121-82/h16-17,26-30,43,46-49,51-52,56,58,60-61,63-64,68-72,75-76,78,82-83,93,97,100-102,108H,15,19,21-24,32-42,88H2,1-14H3,(H,91,103)(H,92,104)(H3,89,90,106)(H2,109,110,111)/b17-16-,55-30+/t46-,47+,48-,49?,51-,52-,56+,58+,60+,61+,63+,64+,68+,69-,70+,71+,72-,75-,76-,78-,82+,83+,86+/m1/s1. The highest BCUT2D eigenvalue weighted by molar-refractivity contribution is 14.1. The van der Waals surface area contributed by atoms with E-state index in [0.717, 1.165) is 40.5 Å². The van der Waals surface area contributed by atoms with Crippen molar-refractivity contribution in [1.29, 1.82) is 0 Å². The Hall–Kier alpha value is -6.90. The van der Waals surface area contributed by atoms with Crippen LogP contribution in [0.3, 0.4) is 0 Å². The van der Waals surface area contributed by atoms with Crippen molar-refractivity contribution >= 4 is 122 Å². The van der Waals surface area contributed by atoms with Gasteiger partial charge in [-0.15, -0.1) is 0 Å². The predicted octanol–water partition coefficient (Wildman–Crippen LogP) is 5.57. The number of methoxy groups -OCH3 is 5. The molecule has 1 unspecified atom stereocenters. The molecule has 15 N–H and O–H groups in total. The molecule has 0 saturated carbocycles. The number of nitrogens with two attached hydrogens (primary N) is 2. The number of Topliss-reactive ketones (excluding diaryl/α,β-unsaturated/α-hetero) is 3. The molecular formula is C86H121IN7O31PS3. The monoisotopic (exact) mass is 2000 g/mol. The van der Waals surface area contributed by atoms with Gasteiger partial charge in [-0.3, -0.25) is 38.2 Å². The van der Waals surface area contributed by atoms with Gasteiger partial charge in [-0.05, 0) is 145 Å². The number of ketones is 3. The summed E-state index contributed by atoms with van der Waals surface area (Å²) in [6.45, 7) is 14.4. The summed E-state index contributed by atoms with van der Waals surface area (Å²) < 4.78 is 91.7. The van der Waals surface area contributed by atoms with Crippen LogP contribution in [-0.2, 0) is 92.1 Å². The number of aliphatic hydroxyl groups excluding tert-OH is 4. The smallest absolute Gasteiger partial charge is 0.410 e. The number of urea groups is 1. The molecule has 2 bridgehead atoms. The second-order valence-corrected chi connectivity index (χ2v) is 39.5. The van der Waals surface area contributed by atoms with E-state index in [9.17, 15) is 83.0 Å². The number of ether oxygens (including phenoxy) is 13. The third-order valence-electron chi connectivity index (χ3n) is 22.7. The zero-order chi connectivity index (χ0) is 95.1. The minimum absolute atomic E-state index is 0.0146. The molecular weight excluding hydrogens is 1880 g/mol. The highest BCUT2D eigenvalue weighted by Crippen LogP contribution is 2.52. The van der Waals surface area contributed by atoms with Crippen LogP contribution in [0.2, 0.25) is 0 Å². The maximum atomic E-state index is 14.7. The fraction of sp³-hybridized carbons (Fsp3) is 0.640.